The molecule has 2 aromatic carbocycles. The van der Waals surface area contributed by atoms with Crippen molar-refractivity contribution < 1.29 is 23.0 Å². The van der Waals surface area contributed by atoms with Gasteiger partial charge in [0, 0.05) is 17.2 Å². The van der Waals surface area contributed by atoms with E-state index in [4.69, 9.17) is 32.7 Å². The molecule has 2 aromatic rings. The quantitative estimate of drug-likeness (QED) is 0.778. The molecule has 0 saturated heterocycles. The molecule has 0 fully saturated rings. The van der Waals surface area contributed by atoms with Crippen LogP contribution in [0.3, 0.4) is 0 Å². The van der Waals surface area contributed by atoms with Crippen LogP contribution in [0.5, 0.6) is 17.2 Å². The van der Waals surface area contributed by atoms with Crippen molar-refractivity contribution in [3.05, 3.63) is 40.4 Å². The minimum atomic E-state index is -4.08. The zero-order valence-electron chi connectivity index (χ0n) is 12.1. The van der Waals surface area contributed by atoms with E-state index in [2.05, 4.69) is 4.72 Å². The zero-order valence-corrected chi connectivity index (χ0v) is 14.5. The summed E-state index contributed by atoms with van der Waals surface area (Å²) in [6.45, 7) is 0. The van der Waals surface area contributed by atoms with E-state index in [1.807, 2.05) is 0 Å². The van der Waals surface area contributed by atoms with Crippen molar-refractivity contribution in [2.75, 3.05) is 18.9 Å². The van der Waals surface area contributed by atoms with E-state index in [-0.39, 0.29) is 37.9 Å². The molecule has 6 nitrogen and oxygen atoms in total. The molecule has 2 N–H and O–H groups in total. The number of halogens is 2. The molecule has 124 valence electrons. The van der Waals surface area contributed by atoms with Gasteiger partial charge in [0.2, 0.25) is 0 Å². The molecule has 0 atom stereocenters. The molecule has 0 aliphatic rings. The van der Waals surface area contributed by atoms with E-state index < -0.39 is 10.0 Å². The second-order valence-electron chi connectivity index (χ2n) is 4.40. The maximum Gasteiger partial charge on any atom is 0.265 e. The Morgan fingerprint density at radius 2 is 1.70 bits per heavy atom. The van der Waals surface area contributed by atoms with Gasteiger partial charge in [0.05, 0.1) is 24.9 Å². The summed E-state index contributed by atoms with van der Waals surface area (Å²) in [5, 5.41) is 10.2. The number of anilines is 1. The Hall–Kier alpha value is -1.83. The lowest BCUT2D eigenvalue weighted by Crippen LogP contribution is -2.14. The molecule has 0 bridgehead atoms. The van der Waals surface area contributed by atoms with Crippen LogP contribution < -0.4 is 14.2 Å². The first-order chi connectivity index (χ1) is 10.8. The number of sulfonamides is 1. The number of rotatable bonds is 5. The fourth-order valence-corrected chi connectivity index (χ4v) is 3.47. The van der Waals surface area contributed by atoms with Gasteiger partial charge < -0.3 is 14.6 Å². The standard InChI is InChI=1S/C14H13Cl2NO5S/c1-21-12-7-14(13(22-2)6-9(12)16)23(19,20)17-10-5-8(15)3-4-11(10)18/h3-7,17-18H,1-2H3. The number of nitrogens with one attached hydrogen (secondary N) is 1. The van der Waals surface area contributed by atoms with Crippen molar-refractivity contribution in [2.24, 2.45) is 0 Å². The number of benzene rings is 2. The molecule has 0 spiro atoms. The van der Waals surface area contributed by atoms with Crippen LogP contribution in [0.4, 0.5) is 5.69 Å². The third kappa shape index (κ3) is 3.74. The van der Waals surface area contributed by atoms with Gasteiger partial charge in [0.15, 0.2) is 0 Å². The second kappa shape index (κ2) is 6.74. The Labute approximate surface area is 143 Å². The third-order valence-corrected chi connectivity index (χ3v) is 4.85. The monoisotopic (exact) mass is 377 g/mol. The number of phenols is 1. The van der Waals surface area contributed by atoms with Gasteiger partial charge in [-0.2, -0.15) is 0 Å². The van der Waals surface area contributed by atoms with Crippen LogP contribution in [0.25, 0.3) is 0 Å². The summed E-state index contributed by atoms with van der Waals surface area (Å²) in [4.78, 5) is -0.194. The average molecular weight is 378 g/mol. The predicted molar refractivity (Wildman–Crippen MR) is 88.5 cm³/mol. The summed E-state index contributed by atoms with van der Waals surface area (Å²) >= 11 is 11.8. The smallest absolute Gasteiger partial charge is 0.265 e. The van der Waals surface area contributed by atoms with Gasteiger partial charge in [-0.3, -0.25) is 4.72 Å². The van der Waals surface area contributed by atoms with Crippen LogP contribution in [-0.2, 0) is 10.0 Å². The highest BCUT2D eigenvalue weighted by atomic mass is 35.5. The Kier molecular flexibility index (Phi) is 5.13. The number of hydrogen-bond donors (Lipinski definition) is 2. The van der Waals surface area contributed by atoms with E-state index in [1.54, 1.807) is 0 Å². The van der Waals surface area contributed by atoms with Crippen LogP contribution in [0, 0.1) is 0 Å². The summed E-state index contributed by atoms with van der Waals surface area (Å²) in [7, 11) is -1.40. The third-order valence-electron chi connectivity index (χ3n) is 2.93. The SMILES string of the molecule is COc1cc(S(=O)(=O)Nc2cc(Cl)ccc2O)c(OC)cc1Cl. The lowest BCUT2D eigenvalue weighted by molar-refractivity contribution is 0.392. The lowest BCUT2D eigenvalue weighted by atomic mass is 10.3. The van der Waals surface area contributed by atoms with Gasteiger partial charge in [-0.05, 0) is 18.2 Å². The normalized spacial score (nSPS) is 11.1. The van der Waals surface area contributed by atoms with Crippen LogP contribution in [0.2, 0.25) is 10.0 Å². The molecule has 0 aliphatic carbocycles. The molecule has 0 heterocycles. The molecule has 0 aliphatic heterocycles. The van der Waals surface area contributed by atoms with Crippen molar-refractivity contribution >= 4 is 38.9 Å². The largest absolute Gasteiger partial charge is 0.506 e. The summed E-state index contributed by atoms with van der Waals surface area (Å²) in [6, 6.07) is 6.55. The molecule has 0 amide bonds. The van der Waals surface area contributed by atoms with E-state index in [0.29, 0.717) is 0 Å². The van der Waals surface area contributed by atoms with Gasteiger partial charge in [-0.15, -0.1) is 0 Å². The molecule has 23 heavy (non-hydrogen) atoms. The summed E-state index contributed by atoms with van der Waals surface area (Å²) in [5.41, 5.74) is -0.0616. The van der Waals surface area contributed by atoms with Crippen molar-refractivity contribution in [3.8, 4) is 17.2 Å². The molecular formula is C14H13Cl2NO5S. The first-order valence-electron chi connectivity index (χ1n) is 6.21. The number of hydrogen-bond acceptors (Lipinski definition) is 5. The highest BCUT2D eigenvalue weighted by Gasteiger charge is 2.23. The summed E-state index contributed by atoms with van der Waals surface area (Å²) in [5.74, 6) is -0.0640. The van der Waals surface area contributed by atoms with Crippen molar-refractivity contribution in [3.63, 3.8) is 0 Å². The molecule has 0 saturated carbocycles. The van der Waals surface area contributed by atoms with Crippen molar-refractivity contribution in [2.45, 2.75) is 4.90 Å². The number of aromatic hydroxyl groups is 1. The Morgan fingerprint density at radius 1 is 1.04 bits per heavy atom. The maximum absolute atomic E-state index is 12.6. The van der Waals surface area contributed by atoms with Crippen LogP contribution in [0.15, 0.2) is 35.2 Å². The second-order valence-corrected chi connectivity index (χ2v) is 6.90. The predicted octanol–water partition coefficient (Wildman–Crippen LogP) is 3.52. The Balaban J connectivity index is 2.53. The van der Waals surface area contributed by atoms with Gasteiger partial charge in [-0.1, -0.05) is 23.2 Å². The molecular weight excluding hydrogens is 365 g/mol. The minimum Gasteiger partial charge on any atom is -0.506 e. The van der Waals surface area contributed by atoms with Crippen molar-refractivity contribution in [1.82, 2.24) is 0 Å². The van der Waals surface area contributed by atoms with Gasteiger partial charge >= 0.3 is 0 Å². The molecule has 0 aromatic heterocycles. The van der Waals surface area contributed by atoms with Crippen LogP contribution >= 0.6 is 23.2 Å². The van der Waals surface area contributed by atoms with E-state index in [9.17, 15) is 13.5 Å². The molecule has 9 heteroatoms. The fraction of sp³-hybridized carbons (Fsp3) is 0.143. The topological polar surface area (TPSA) is 84.9 Å². The van der Waals surface area contributed by atoms with Gasteiger partial charge in [-0.25, -0.2) is 8.42 Å². The van der Waals surface area contributed by atoms with E-state index >= 15 is 0 Å². The van der Waals surface area contributed by atoms with Crippen LogP contribution in [-0.4, -0.2) is 27.7 Å². The van der Waals surface area contributed by atoms with E-state index in [1.165, 1.54) is 44.6 Å². The molecule has 0 radical (unpaired) electrons. The first-order valence-corrected chi connectivity index (χ1v) is 8.45. The average Bonchev–Trinajstić information content (AvgIpc) is 2.50. The first kappa shape index (κ1) is 17.5. The zero-order chi connectivity index (χ0) is 17.2. The molecule has 2 rings (SSSR count). The molecule has 0 unspecified atom stereocenters. The summed E-state index contributed by atoms with van der Waals surface area (Å²) < 4.78 is 37.5. The van der Waals surface area contributed by atoms with E-state index in [0.717, 1.165) is 0 Å². The van der Waals surface area contributed by atoms with Gasteiger partial charge in [0.25, 0.3) is 10.0 Å². The number of phenolic OH excluding ortho intramolecular Hbond substituents is 1. The Bertz CT molecular complexity index is 839. The Morgan fingerprint density at radius 3 is 2.30 bits per heavy atom. The maximum atomic E-state index is 12.6. The summed E-state index contributed by atoms with van der Waals surface area (Å²) in [6.07, 6.45) is 0. The fourth-order valence-electron chi connectivity index (χ4n) is 1.83. The highest BCUT2D eigenvalue weighted by Crippen LogP contribution is 2.37. The number of ether oxygens (including phenoxy) is 2. The van der Waals surface area contributed by atoms with Gasteiger partial charge in [0.1, 0.15) is 22.1 Å². The highest BCUT2D eigenvalue weighted by molar-refractivity contribution is 7.92. The minimum absolute atomic E-state index is 0.0322. The van der Waals surface area contributed by atoms with Crippen molar-refractivity contribution in [1.29, 1.82) is 0 Å². The number of methoxy groups -OCH3 is 2. The lowest BCUT2D eigenvalue weighted by Gasteiger charge is -2.14. The van der Waals surface area contributed by atoms with Crippen LogP contribution in [0.1, 0.15) is 0 Å².